The molecule has 20 heavy (non-hydrogen) atoms. The van der Waals surface area contributed by atoms with Crippen LogP contribution in [0.5, 0.6) is 0 Å². The zero-order valence-corrected chi connectivity index (χ0v) is 11.3. The minimum absolute atomic E-state index is 0.118. The van der Waals surface area contributed by atoms with E-state index in [2.05, 4.69) is 26.2 Å². The second kappa shape index (κ2) is 5.56. The normalized spacial score (nSPS) is 14.2. The van der Waals surface area contributed by atoms with Gasteiger partial charge in [0.1, 0.15) is 6.33 Å². The van der Waals surface area contributed by atoms with Crippen LogP contribution in [0, 0.1) is 0 Å². The van der Waals surface area contributed by atoms with Gasteiger partial charge in [0.05, 0.1) is 22.9 Å². The molecule has 0 unspecified atom stereocenters. The van der Waals surface area contributed by atoms with Crippen LogP contribution in [0.2, 0.25) is 5.02 Å². The number of hydrogen-bond donors (Lipinski definition) is 2. The van der Waals surface area contributed by atoms with E-state index >= 15 is 0 Å². The molecule has 8 heteroatoms. The zero-order chi connectivity index (χ0) is 13.9. The molecule has 3 rings (SSSR count). The topological polar surface area (TPSA) is 84.7 Å². The minimum atomic E-state index is -0.118. The summed E-state index contributed by atoms with van der Waals surface area (Å²) in [6.07, 6.45) is 3.76. The lowest BCUT2D eigenvalue weighted by Gasteiger charge is -2.09. The van der Waals surface area contributed by atoms with Gasteiger partial charge in [-0.15, -0.1) is 5.10 Å². The first-order valence-corrected chi connectivity index (χ1v) is 6.66. The second-order valence-electron chi connectivity index (χ2n) is 4.62. The molecule has 1 fully saturated rings. The Morgan fingerprint density at radius 2 is 2.30 bits per heavy atom. The third-order valence-electron chi connectivity index (χ3n) is 2.97. The lowest BCUT2D eigenvalue weighted by atomic mass is 10.2. The molecular formula is C12H13ClN6O. The van der Waals surface area contributed by atoms with Crippen molar-refractivity contribution in [2.75, 3.05) is 11.9 Å². The van der Waals surface area contributed by atoms with Crippen molar-refractivity contribution in [2.45, 2.75) is 18.9 Å². The first-order valence-electron chi connectivity index (χ1n) is 6.28. The third kappa shape index (κ3) is 3.12. The zero-order valence-electron chi connectivity index (χ0n) is 10.6. The molecule has 0 spiro atoms. The number of carbonyl (C=O) groups is 1. The van der Waals surface area contributed by atoms with Gasteiger partial charge >= 0.3 is 0 Å². The number of tetrazole rings is 1. The van der Waals surface area contributed by atoms with Gasteiger partial charge in [-0.3, -0.25) is 4.79 Å². The van der Waals surface area contributed by atoms with Crippen LogP contribution in [-0.4, -0.2) is 38.7 Å². The molecule has 1 amide bonds. The molecule has 104 valence electrons. The van der Waals surface area contributed by atoms with Gasteiger partial charge in [0.2, 0.25) is 5.91 Å². The van der Waals surface area contributed by atoms with E-state index < -0.39 is 0 Å². The Hall–Kier alpha value is -1.99. The summed E-state index contributed by atoms with van der Waals surface area (Å²) in [6.45, 7) is 0.288. The number of halogens is 1. The summed E-state index contributed by atoms with van der Waals surface area (Å²) in [4.78, 5) is 11.8. The Kier molecular flexibility index (Phi) is 3.62. The van der Waals surface area contributed by atoms with Gasteiger partial charge < -0.3 is 10.6 Å². The first-order chi connectivity index (χ1) is 9.72. The van der Waals surface area contributed by atoms with E-state index in [1.54, 1.807) is 18.2 Å². The summed E-state index contributed by atoms with van der Waals surface area (Å²) >= 11 is 6.08. The fourth-order valence-corrected chi connectivity index (χ4v) is 1.91. The molecule has 1 heterocycles. The smallest absolute Gasteiger partial charge is 0.238 e. The Labute approximate surface area is 120 Å². The largest absolute Gasteiger partial charge is 0.324 e. The second-order valence-corrected chi connectivity index (χ2v) is 5.03. The number of amides is 1. The first kappa shape index (κ1) is 13.0. The van der Waals surface area contributed by atoms with Crippen LogP contribution in [0.3, 0.4) is 0 Å². The van der Waals surface area contributed by atoms with Crippen molar-refractivity contribution >= 4 is 23.2 Å². The highest BCUT2D eigenvalue weighted by Gasteiger charge is 2.21. The van der Waals surface area contributed by atoms with Gasteiger partial charge in [-0.1, -0.05) is 11.6 Å². The Bertz CT molecular complexity index is 610. The minimum Gasteiger partial charge on any atom is -0.324 e. The SMILES string of the molecule is O=C(CNC1CC1)Nc1cc(-n2cnnn2)ccc1Cl. The molecule has 1 saturated carbocycles. The molecule has 0 aliphatic heterocycles. The van der Waals surface area contributed by atoms with Crippen molar-refractivity contribution in [2.24, 2.45) is 0 Å². The van der Waals surface area contributed by atoms with Crippen LogP contribution in [0.1, 0.15) is 12.8 Å². The van der Waals surface area contributed by atoms with Gasteiger partial charge in [-0.05, 0) is 41.5 Å². The van der Waals surface area contributed by atoms with E-state index in [0.29, 0.717) is 16.8 Å². The number of nitrogens with one attached hydrogen (secondary N) is 2. The number of aromatic nitrogens is 4. The van der Waals surface area contributed by atoms with E-state index in [9.17, 15) is 4.79 Å². The summed E-state index contributed by atoms with van der Waals surface area (Å²) in [6, 6.07) is 5.69. The molecule has 1 aliphatic rings. The van der Waals surface area contributed by atoms with E-state index in [-0.39, 0.29) is 12.5 Å². The summed E-state index contributed by atoms with van der Waals surface area (Å²) < 4.78 is 1.49. The summed E-state index contributed by atoms with van der Waals surface area (Å²) in [5.74, 6) is -0.118. The van der Waals surface area contributed by atoms with Gasteiger partial charge in [0, 0.05) is 6.04 Å². The van der Waals surface area contributed by atoms with Crippen LogP contribution < -0.4 is 10.6 Å². The molecule has 0 atom stereocenters. The average Bonchev–Trinajstić information content (AvgIpc) is 3.11. The van der Waals surface area contributed by atoms with E-state index in [4.69, 9.17) is 11.6 Å². The highest BCUT2D eigenvalue weighted by Crippen LogP contribution is 2.24. The summed E-state index contributed by atoms with van der Waals surface area (Å²) in [7, 11) is 0. The number of hydrogen-bond acceptors (Lipinski definition) is 5. The van der Waals surface area contributed by atoms with Crippen molar-refractivity contribution in [1.29, 1.82) is 0 Å². The van der Waals surface area contributed by atoms with Crippen LogP contribution in [0.25, 0.3) is 5.69 Å². The van der Waals surface area contributed by atoms with Crippen molar-refractivity contribution in [3.63, 3.8) is 0 Å². The van der Waals surface area contributed by atoms with E-state index in [1.165, 1.54) is 11.0 Å². The maximum atomic E-state index is 11.8. The van der Waals surface area contributed by atoms with Gasteiger partial charge in [0.25, 0.3) is 0 Å². The van der Waals surface area contributed by atoms with Crippen LogP contribution in [0.15, 0.2) is 24.5 Å². The number of carbonyl (C=O) groups excluding carboxylic acids is 1. The van der Waals surface area contributed by atoms with Gasteiger partial charge in [-0.25, -0.2) is 4.68 Å². The van der Waals surface area contributed by atoms with E-state index in [0.717, 1.165) is 18.5 Å². The lowest BCUT2D eigenvalue weighted by Crippen LogP contribution is -2.29. The Balaban J connectivity index is 1.71. The number of anilines is 1. The Morgan fingerprint density at radius 3 is 3.00 bits per heavy atom. The molecule has 0 radical (unpaired) electrons. The van der Waals surface area contributed by atoms with Gasteiger partial charge in [0.15, 0.2) is 0 Å². The van der Waals surface area contributed by atoms with Crippen LogP contribution >= 0.6 is 11.6 Å². The fourth-order valence-electron chi connectivity index (χ4n) is 1.75. The molecular weight excluding hydrogens is 280 g/mol. The summed E-state index contributed by atoms with van der Waals surface area (Å²) in [5, 5.41) is 17.3. The number of benzene rings is 1. The quantitative estimate of drug-likeness (QED) is 0.859. The lowest BCUT2D eigenvalue weighted by molar-refractivity contribution is -0.115. The Morgan fingerprint density at radius 1 is 1.45 bits per heavy atom. The van der Waals surface area contributed by atoms with E-state index in [1.807, 2.05) is 0 Å². The molecule has 2 aromatic rings. The molecule has 1 aliphatic carbocycles. The molecule has 1 aromatic heterocycles. The molecule has 0 saturated heterocycles. The van der Waals surface area contributed by atoms with Crippen LogP contribution in [0.4, 0.5) is 5.69 Å². The van der Waals surface area contributed by atoms with Crippen molar-refractivity contribution in [3.8, 4) is 5.69 Å². The predicted molar refractivity (Wildman–Crippen MR) is 73.8 cm³/mol. The molecule has 0 bridgehead atoms. The van der Waals surface area contributed by atoms with Gasteiger partial charge in [-0.2, -0.15) is 0 Å². The monoisotopic (exact) mass is 292 g/mol. The third-order valence-corrected chi connectivity index (χ3v) is 3.30. The fraction of sp³-hybridized carbons (Fsp3) is 0.333. The number of nitrogens with zero attached hydrogens (tertiary/aromatic N) is 4. The predicted octanol–water partition coefficient (Wildman–Crippen LogP) is 1.01. The van der Waals surface area contributed by atoms with Crippen molar-refractivity contribution < 1.29 is 4.79 Å². The van der Waals surface area contributed by atoms with Crippen LogP contribution in [-0.2, 0) is 4.79 Å². The highest BCUT2D eigenvalue weighted by atomic mass is 35.5. The summed E-state index contributed by atoms with van der Waals surface area (Å²) in [5.41, 5.74) is 1.27. The maximum absolute atomic E-state index is 11.8. The highest BCUT2D eigenvalue weighted by molar-refractivity contribution is 6.33. The maximum Gasteiger partial charge on any atom is 0.238 e. The molecule has 1 aromatic carbocycles. The number of rotatable bonds is 5. The van der Waals surface area contributed by atoms with Crippen molar-refractivity contribution in [1.82, 2.24) is 25.5 Å². The standard InChI is InChI=1S/C12H13ClN6O/c13-10-4-3-9(19-7-15-17-18-19)5-11(10)16-12(20)6-14-8-1-2-8/h3-5,7-8,14H,1-2,6H2,(H,16,20). The molecule has 7 nitrogen and oxygen atoms in total. The average molecular weight is 293 g/mol. The molecule has 2 N–H and O–H groups in total. The van der Waals surface area contributed by atoms with Crippen molar-refractivity contribution in [3.05, 3.63) is 29.5 Å².